The fourth-order valence-electron chi connectivity index (χ4n) is 2.79. The number of aromatic nitrogens is 2. The molecule has 3 rings (SSSR count). The standard InChI is InChI=1S/C15H20N4OS/c1-11-9-21-10-12(11)15(20)19-7-6-17(2)13(8-19)14-16-4-5-18(14)3/h4-5,9-10,13H,6-8H2,1-3H3/t13-/m0/s1. The van der Waals surface area contributed by atoms with Gasteiger partial charge in [0.2, 0.25) is 0 Å². The van der Waals surface area contributed by atoms with Crippen LogP contribution in [0.4, 0.5) is 0 Å². The van der Waals surface area contributed by atoms with E-state index < -0.39 is 0 Å². The molecule has 0 bridgehead atoms. The molecule has 5 nitrogen and oxygen atoms in total. The number of amides is 1. The zero-order valence-corrected chi connectivity index (χ0v) is 13.4. The third-order valence-electron chi connectivity index (χ3n) is 4.18. The molecule has 1 aliphatic rings. The number of piperazine rings is 1. The monoisotopic (exact) mass is 304 g/mol. The van der Waals surface area contributed by atoms with Crippen molar-refractivity contribution in [3.63, 3.8) is 0 Å². The third kappa shape index (κ3) is 2.61. The largest absolute Gasteiger partial charge is 0.337 e. The van der Waals surface area contributed by atoms with Gasteiger partial charge in [0, 0.05) is 44.5 Å². The van der Waals surface area contributed by atoms with Crippen LogP contribution in [0.3, 0.4) is 0 Å². The highest BCUT2D eigenvalue weighted by molar-refractivity contribution is 7.08. The second-order valence-electron chi connectivity index (χ2n) is 5.61. The van der Waals surface area contributed by atoms with Crippen molar-refractivity contribution >= 4 is 17.2 Å². The number of carbonyl (C=O) groups is 1. The molecule has 2 aromatic rings. The molecule has 0 spiro atoms. The van der Waals surface area contributed by atoms with E-state index in [1.807, 2.05) is 46.6 Å². The van der Waals surface area contributed by atoms with Crippen molar-refractivity contribution in [2.24, 2.45) is 7.05 Å². The van der Waals surface area contributed by atoms with E-state index in [0.717, 1.165) is 30.0 Å². The Balaban J connectivity index is 1.82. The van der Waals surface area contributed by atoms with Crippen LogP contribution < -0.4 is 0 Å². The summed E-state index contributed by atoms with van der Waals surface area (Å²) in [5, 5.41) is 3.98. The predicted octanol–water partition coefficient (Wildman–Crippen LogP) is 1.92. The van der Waals surface area contributed by atoms with Gasteiger partial charge in [-0.05, 0) is 24.9 Å². The Labute approximate surface area is 128 Å². The number of hydrogen-bond acceptors (Lipinski definition) is 4. The second kappa shape index (κ2) is 5.61. The van der Waals surface area contributed by atoms with Gasteiger partial charge >= 0.3 is 0 Å². The van der Waals surface area contributed by atoms with Crippen LogP contribution in [0.1, 0.15) is 27.8 Å². The molecule has 1 fully saturated rings. The van der Waals surface area contributed by atoms with Gasteiger partial charge in [-0.2, -0.15) is 11.3 Å². The number of thiophene rings is 1. The summed E-state index contributed by atoms with van der Waals surface area (Å²) in [5.41, 5.74) is 1.90. The van der Waals surface area contributed by atoms with Crippen LogP contribution in [-0.4, -0.2) is 51.9 Å². The molecule has 112 valence electrons. The molecule has 1 amide bonds. The number of carbonyl (C=O) groups excluding carboxylic acids is 1. The van der Waals surface area contributed by atoms with Crippen LogP contribution in [0.25, 0.3) is 0 Å². The Kier molecular flexibility index (Phi) is 3.82. The topological polar surface area (TPSA) is 41.4 Å². The fraction of sp³-hybridized carbons (Fsp3) is 0.467. The van der Waals surface area contributed by atoms with Gasteiger partial charge in [-0.1, -0.05) is 0 Å². The number of likely N-dealkylation sites (N-methyl/N-ethyl adjacent to an activating group) is 1. The van der Waals surface area contributed by atoms with Gasteiger partial charge in [0.15, 0.2) is 0 Å². The number of rotatable bonds is 2. The molecule has 21 heavy (non-hydrogen) atoms. The highest BCUT2D eigenvalue weighted by Crippen LogP contribution is 2.24. The first kappa shape index (κ1) is 14.3. The highest BCUT2D eigenvalue weighted by atomic mass is 32.1. The maximum atomic E-state index is 12.7. The van der Waals surface area contributed by atoms with Gasteiger partial charge in [-0.25, -0.2) is 4.98 Å². The lowest BCUT2D eigenvalue weighted by atomic mass is 10.1. The number of nitrogens with zero attached hydrogens (tertiary/aromatic N) is 4. The number of aryl methyl sites for hydroxylation is 2. The molecule has 0 N–H and O–H groups in total. The summed E-state index contributed by atoms with van der Waals surface area (Å²) in [6.45, 7) is 4.32. The van der Waals surface area contributed by atoms with Gasteiger partial charge < -0.3 is 9.47 Å². The van der Waals surface area contributed by atoms with Crippen molar-refractivity contribution in [3.8, 4) is 0 Å². The van der Waals surface area contributed by atoms with Gasteiger partial charge in [-0.3, -0.25) is 9.69 Å². The summed E-state index contributed by atoms with van der Waals surface area (Å²) < 4.78 is 2.03. The van der Waals surface area contributed by atoms with Gasteiger partial charge in [0.1, 0.15) is 5.82 Å². The molecule has 1 atom stereocenters. The Morgan fingerprint density at radius 3 is 2.76 bits per heavy atom. The number of hydrogen-bond donors (Lipinski definition) is 0. The maximum Gasteiger partial charge on any atom is 0.255 e. The molecule has 3 heterocycles. The number of imidazole rings is 1. The van der Waals surface area contributed by atoms with Crippen molar-refractivity contribution in [1.82, 2.24) is 19.4 Å². The van der Waals surface area contributed by atoms with E-state index in [1.54, 1.807) is 11.3 Å². The first-order valence-corrected chi connectivity index (χ1v) is 8.01. The Hall–Kier alpha value is -1.66. The molecule has 0 radical (unpaired) electrons. The van der Waals surface area contributed by atoms with Crippen molar-refractivity contribution < 1.29 is 4.79 Å². The average molecular weight is 304 g/mol. The first-order chi connectivity index (χ1) is 10.1. The third-order valence-corrected chi connectivity index (χ3v) is 5.04. The predicted molar refractivity (Wildman–Crippen MR) is 83.5 cm³/mol. The molecular weight excluding hydrogens is 284 g/mol. The average Bonchev–Trinajstić information content (AvgIpc) is 3.07. The zero-order valence-electron chi connectivity index (χ0n) is 12.6. The highest BCUT2D eigenvalue weighted by Gasteiger charge is 2.31. The van der Waals surface area contributed by atoms with Crippen LogP contribution in [-0.2, 0) is 7.05 Å². The summed E-state index contributed by atoms with van der Waals surface area (Å²) in [7, 11) is 4.09. The summed E-state index contributed by atoms with van der Waals surface area (Å²) >= 11 is 1.59. The lowest BCUT2D eigenvalue weighted by Gasteiger charge is -2.39. The van der Waals surface area contributed by atoms with Crippen LogP contribution in [0, 0.1) is 6.92 Å². The molecule has 6 heteroatoms. The smallest absolute Gasteiger partial charge is 0.255 e. The minimum absolute atomic E-state index is 0.140. The SMILES string of the molecule is Cc1cscc1C(=O)N1CCN(C)[C@H](c2nccn2C)C1. The van der Waals surface area contributed by atoms with E-state index in [9.17, 15) is 4.79 Å². The van der Waals surface area contributed by atoms with E-state index >= 15 is 0 Å². The normalized spacial score (nSPS) is 20.0. The summed E-state index contributed by atoms with van der Waals surface area (Å²) in [6, 6.07) is 0.154. The van der Waals surface area contributed by atoms with E-state index in [2.05, 4.69) is 16.9 Å². The summed E-state index contributed by atoms with van der Waals surface area (Å²) in [5.74, 6) is 1.15. The first-order valence-electron chi connectivity index (χ1n) is 7.07. The summed E-state index contributed by atoms with van der Waals surface area (Å²) in [6.07, 6.45) is 3.76. The fourth-order valence-corrected chi connectivity index (χ4v) is 3.61. The van der Waals surface area contributed by atoms with Crippen molar-refractivity contribution in [1.29, 1.82) is 0 Å². The van der Waals surface area contributed by atoms with E-state index in [1.165, 1.54) is 0 Å². The zero-order chi connectivity index (χ0) is 15.0. The minimum atomic E-state index is 0.140. The lowest BCUT2D eigenvalue weighted by Crippen LogP contribution is -2.49. The summed E-state index contributed by atoms with van der Waals surface area (Å²) in [4.78, 5) is 21.3. The van der Waals surface area contributed by atoms with Crippen molar-refractivity contribution in [3.05, 3.63) is 40.1 Å². The van der Waals surface area contributed by atoms with Crippen molar-refractivity contribution in [2.75, 3.05) is 26.7 Å². The van der Waals surface area contributed by atoms with Crippen LogP contribution >= 0.6 is 11.3 Å². The van der Waals surface area contributed by atoms with Crippen LogP contribution in [0.5, 0.6) is 0 Å². The van der Waals surface area contributed by atoms with E-state index in [-0.39, 0.29) is 11.9 Å². The van der Waals surface area contributed by atoms with Crippen molar-refractivity contribution in [2.45, 2.75) is 13.0 Å². The molecule has 0 aliphatic carbocycles. The quantitative estimate of drug-likeness (QED) is 0.851. The molecular formula is C15H20N4OS. The second-order valence-corrected chi connectivity index (χ2v) is 6.36. The van der Waals surface area contributed by atoms with Crippen LogP contribution in [0.15, 0.2) is 23.2 Å². The molecule has 2 aromatic heterocycles. The Bertz CT molecular complexity index is 648. The Morgan fingerprint density at radius 1 is 1.33 bits per heavy atom. The lowest BCUT2D eigenvalue weighted by molar-refractivity contribution is 0.0528. The minimum Gasteiger partial charge on any atom is -0.337 e. The van der Waals surface area contributed by atoms with Gasteiger partial charge in [0.05, 0.1) is 11.6 Å². The van der Waals surface area contributed by atoms with Gasteiger partial charge in [-0.15, -0.1) is 0 Å². The maximum absolute atomic E-state index is 12.7. The molecule has 0 aromatic carbocycles. The molecule has 0 saturated carbocycles. The molecule has 1 saturated heterocycles. The molecule has 1 aliphatic heterocycles. The Morgan fingerprint density at radius 2 is 2.14 bits per heavy atom. The van der Waals surface area contributed by atoms with Gasteiger partial charge in [0.25, 0.3) is 5.91 Å². The van der Waals surface area contributed by atoms with E-state index in [4.69, 9.17) is 0 Å². The van der Waals surface area contributed by atoms with Crippen LogP contribution in [0.2, 0.25) is 0 Å². The molecule has 0 unspecified atom stereocenters. The van der Waals surface area contributed by atoms with E-state index in [0.29, 0.717) is 6.54 Å².